The summed E-state index contributed by atoms with van der Waals surface area (Å²) in [5.74, 6) is -0.0890. The van der Waals surface area contributed by atoms with Gasteiger partial charge in [-0.15, -0.1) is 0 Å². The first kappa shape index (κ1) is 17.7. The number of benzene rings is 1. The average Bonchev–Trinajstić information content (AvgIpc) is 2.51. The van der Waals surface area contributed by atoms with Crippen molar-refractivity contribution in [1.29, 1.82) is 0 Å². The highest BCUT2D eigenvalue weighted by atomic mass is 32.2. The molecule has 0 saturated heterocycles. The number of hydrogen-bond donors (Lipinski definition) is 0. The number of amides is 1. The molecule has 0 aromatic heterocycles. The van der Waals surface area contributed by atoms with Gasteiger partial charge in [-0.05, 0) is 43.5 Å². The lowest BCUT2D eigenvalue weighted by molar-refractivity contribution is 0.0633. The minimum Gasteiger partial charge on any atom is -0.383 e. The van der Waals surface area contributed by atoms with E-state index < -0.39 is 10.0 Å². The van der Waals surface area contributed by atoms with E-state index >= 15 is 0 Å². The zero-order valence-corrected chi connectivity index (χ0v) is 14.9. The van der Waals surface area contributed by atoms with Crippen LogP contribution in [0.4, 0.5) is 5.69 Å². The molecule has 1 heterocycles. The van der Waals surface area contributed by atoms with Crippen molar-refractivity contribution < 1.29 is 17.9 Å². The van der Waals surface area contributed by atoms with Crippen LogP contribution in [0.2, 0.25) is 0 Å². The van der Waals surface area contributed by atoms with Crippen LogP contribution < -0.4 is 4.31 Å². The third-order valence-corrected chi connectivity index (χ3v) is 5.37. The van der Waals surface area contributed by atoms with Gasteiger partial charge >= 0.3 is 0 Å². The summed E-state index contributed by atoms with van der Waals surface area (Å²) in [5, 5.41) is 0. The van der Waals surface area contributed by atoms with Crippen LogP contribution >= 0.6 is 0 Å². The predicted octanol–water partition coefficient (Wildman–Crippen LogP) is 1.51. The van der Waals surface area contributed by atoms with Crippen molar-refractivity contribution >= 4 is 21.6 Å². The molecule has 1 aliphatic rings. The van der Waals surface area contributed by atoms with Crippen LogP contribution in [0.25, 0.3) is 0 Å². The number of carbonyl (C=O) groups excluding carboxylic acids is 1. The second-order valence-electron chi connectivity index (χ2n) is 6.00. The number of nitrogens with zero attached hydrogens (tertiary/aromatic N) is 2. The molecule has 7 heteroatoms. The van der Waals surface area contributed by atoms with Crippen LogP contribution in [0.1, 0.15) is 29.3 Å². The molecule has 0 saturated carbocycles. The van der Waals surface area contributed by atoms with E-state index in [4.69, 9.17) is 4.74 Å². The molecule has 128 valence electrons. The zero-order chi connectivity index (χ0) is 17.2. The largest absolute Gasteiger partial charge is 0.383 e. The van der Waals surface area contributed by atoms with Crippen LogP contribution in [0, 0.1) is 0 Å². The van der Waals surface area contributed by atoms with Gasteiger partial charge < -0.3 is 9.64 Å². The minimum absolute atomic E-state index is 0.0314. The molecule has 0 fully saturated rings. The molecule has 1 aliphatic heterocycles. The second-order valence-corrected chi connectivity index (χ2v) is 7.91. The molecular weight excluding hydrogens is 316 g/mol. The average molecular weight is 340 g/mol. The fraction of sp³-hybridized carbons (Fsp3) is 0.562. The van der Waals surface area contributed by atoms with Crippen LogP contribution in [0.3, 0.4) is 0 Å². The SMILES string of the molecule is COC[C@@H](C)N(C)C(=O)c1ccc2c(c1)CCCN2S(C)(=O)=O. The number of rotatable bonds is 5. The Balaban J connectivity index is 2.29. The molecule has 0 unspecified atom stereocenters. The fourth-order valence-corrected chi connectivity index (χ4v) is 3.79. The zero-order valence-electron chi connectivity index (χ0n) is 14.1. The molecule has 1 aromatic carbocycles. The van der Waals surface area contributed by atoms with E-state index in [1.54, 1.807) is 31.2 Å². The number of ether oxygens (including phenoxy) is 1. The van der Waals surface area contributed by atoms with Gasteiger partial charge in [0.15, 0.2) is 0 Å². The van der Waals surface area contributed by atoms with Gasteiger partial charge in [0.05, 0.1) is 24.6 Å². The highest BCUT2D eigenvalue weighted by Gasteiger charge is 2.25. The van der Waals surface area contributed by atoms with Crippen molar-refractivity contribution in [2.24, 2.45) is 0 Å². The number of likely N-dealkylation sites (N-methyl/N-ethyl adjacent to an activating group) is 1. The fourth-order valence-electron chi connectivity index (χ4n) is 2.80. The third-order valence-electron chi connectivity index (χ3n) is 4.19. The lowest BCUT2D eigenvalue weighted by atomic mass is 10.00. The van der Waals surface area contributed by atoms with Gasteiger partial charge in [-0.2, -0.15) is 0 Å². The molecule has 23 heavy (non-hydrogen) atoms. The van der Waals surface area contributed by atoms with Crippen molar-refractivity contribution in [2.75, 3.05) is 37.9 Å². The van der Waals surface area contributed by atoms with Crippen molar-refractivity contribution in [1.82, 2.24) is 4.90 Å². The summed E-state index contributed by atoms with van der Waals surface area (Å²) in [5.41, 5.74) is 2.16. The topological polar surface area (TPSA) is 66.9 Å². The van der Waals surface area contributed by atoms with Crippen LogP contribution in [0.5, 0.6) is 0 Å². The number of hydrogen-bond acceptors (Lipinski definition) is 4. The molecule has 2 rings (SSSR count). The Morgan fingerprint density at radius 3 is 2.74 bits per heavy atom. The Hall–Kier alpha value is -1.60. The van der Waals surface area contributed by atoms with Gasteiger partial charge in [-0.3, -0.25) is 9.10 Å². The van der Waals surface area contributed by atoms with E-state index in [1.807, 2.05) is 13.0 Å². The van der Waals surface area contributed by atoms with Gasteiger partial charge in [0.2, 0.25) is 10.0 Å². The van der Waals surface area contributed by atoms with E-state index in [1.165, 1.54) is 10.6 Å². The lowest BCUT2D eigenvalue weighted by Gasteiger charge is -2.30. The Labute approximate surface area is 138 Å². The smallest absolute Gasteiger partial charge is 0.253 e. The first-order chi connectivity index (χ1) is 10.8. The maximum Gasteiger partial charge on any atom is 0.253 e. The van der Waals surface area contributed by atoms with Gasteiger partial charge in [0.1, 0.15) is 0 Å². The number of aryl methyl sites for hydroxylation is 1. The Morgan fingerprint density at radius 2 is 2.13 bits per heavy atom. The molecule has 0 N–H and O–H groups in total. The number of methoxy groups -OCH3 is 1. The maximum absolute atomic E-state index is 12.6. The summed E-state index contributed by atoms with van der Waals surface area (Å²) >= 11 is 0. The van der Waals surface area contributed by atoms with Gasteiger partial charge in [-0.25, -0.2) is 8.42 Å². The van der Waals surface area contributed by atoms with E-state index in [9.17, 15) is 13.2 Å². The molecule has 1 aromatic rings. The minimum atomic E-state index is -3.29. The van der Waals surface area contributed by atoms with Crippen LogP contribution in [-0.4, -0.2) is 58.8 Å². The molecule has 0 aliphatic carbocycles. The highest BCUT2D eigenvalue weighted by Crippen LogP contribution is 2.30. The Kier molecular flexibility index (Phi) is 5.31. The van der Waals surface area contributed by atoms with E-state index in [2.05, 4.69) is 0 Å². The predicted molar refractivity (Wildman–Crippen MR) is 90.4 cm³/mol. The van der Waals surface area contributed by atoms with Gasteiger partial charge in [0.25, 0.3) is 5.91 Å². The molecule has 6 nitrogen and oxygen atoms in total. The number of carbonyl (C=O) groups is 1. The van der Waals surface area contributed by atoms with Crippen molar-refractivity contribution in [3.8, 4) is 0 Å². The first-order valence-corrected chi connectivity index (χ1v) is 9.47. The highest BCUT2D eigenvalue weighted by molar-refractivity contribution is 7.92. The van der Waals surface area contributed by atoms with Crippen LogP contribution in [-0.2, 0) is 21.2 Å². The van der Waals surface area contributed by atoms with E-state index in [0.29, 0.717) is 24.4 Å². The normalized spacial score (nSPS) is 15.9. The molecule has 0 spiro atoms. The van der Waals surface area contributed by atoms with Gasteiger partial charge in [0, 0.05) is 26.3 Å². The standard InChI is InChI=1S/C16H24N2O4S/c1-12(11-22-3)17(2)16(19)14-7-8-15-13(10-14)6-5-9-18(15)23(4,20)21/h7-8,10,12H,5-6,9,11H2,1-4H3/t12-/m1/s1. The van der Waals surface area contributed by atoms with Gasteiger partial charge in [-0.1, -0.05) is 0 Å². The maximum atomic E-state index is 12.6. The molecule has 1 atom stereocenters. The van der Waals surface area contributed by atoms with E-state index in [-0.39, 0.29) is 11.9 Å². The molecule has 0 radical (unpaired) electrons. The van der Waals surface area contributed by atoms with Crippen molar-refractivity contribution in [3.05, 3.63) is 29.3 Å². The Bertz CT molecular complexity index is 687. The molecule has 1 amide bonds. The number of anilines is 1. The monoisotopic (exact) mass is 340 g/mol. The summed E-state index contributed by atoms with van der Waals surface area (Å²) in [7, 11) is 0.0609. The molecular formula is C16H24N2O4S. The van der Waals surface area contributed by atoms with Crippen molar-refractivity contribution in [3.63, 3.8) is 0 Å². The van der Waals surface area contributed by atoms with Crippen molar-refractivity contribution in [2.45, 2.75) is 25.8 Å². The number of sulfonamides is 1. The summed E-state index contributed by atoms with van der Waals surface area (Å²) < 4.78 is 30.2. The number of fused-ring (bicyclic) bond motifs is 1. The first-order valence-electron chi connectivity index (χ1n) is 7.62. The van der Waals surface area contributed by atoms with E-state index in [0.717, 1.165) is 18.4 Å². The summed E-state index contributed by atoms with van der Waals surface area (Å²) in [6, 6.07) is 5.21. The Morgan fingerprint density at radius 1 is 1.43 bits per heavy atom. The third kappa shape index (κ3) is 3.84. The summed E-state index contributed by atoms with van der Waals surface area (Å²) in [6.45, 7) is 2.88. The second kappa shape index (κ2) is 6.88. The quantitative estimate of drug-likeness (QED) is 0.815. The summed E-state index contributed by atoms with van der Waals surface area (Å²) in [6.07, 6.45) is 2.74. The van der Waals surface area contributed by atoms with Crippen LogP contribution in [0.15, 0.2) is 18.2 Å². The summed E-state index contributed by atoms with van der Waals surface area (Å²) in [4.78, 5) is 14.2. The molecule has 0 bridgehead atoms. The lowest BCUT2D eigenvalue weighted by Crippen LogP contribution is -2.38.